The number of nitrogens with zero attached hydrogens (tertiary/aromatic N) is 1. The molecule has 2 N–H and O–H groups in total. The van der Waals surface area contributed by atoms with E-state index in [-0.39, 0.29) is 16.4 Å². The number of nitrogens with one attached hydrogen (secondary N) is 1. The molecule has 2 amide bonds. The molecule has 2 aromatic carbocycles. The molecule has 0 unspecified atom stereocenters. The monoisotopic (exact) mass is 366 g/mol. The molecule has 132 valence electrons. The quantitative estimate of drug-likeness (QED) is 0.497. The molecule has 1 aliphatic rings. The molecule has 0 saturated carbocycles. The summed E-state index contributed by atoms with van der Waals surface area (Å²) < 4.78 is 0. The Morgan fingerprint density at radius 1 is 1.04 bits per heavy atom. The van der Waals surface area contributed by atoms with E-state index in [1.165, 1.54) is 23.1 Å². The number of amides is 2. The van der Waals surface area contributed by atoms with Crippen molar-refractivity contribution in [1.29, 1.82) is 0 Å². The third kappa shape index (κ3) is 3.50. The number of aromatic hydroxyl groups is 1. The van der Waals surface area contributed by atoms with Crippen LogP contribution in [0.25, 0.3) is 6.08 Å². The van der Waals surface area contributed by atoms with E-state index in [0.29, 0.717) is 17.2 Å². The highest BCUT2D eigenvalue weighted by Gasteiger charge is 2.34. The Bertz CT molecular complexity index is 900. The zero-order valence-corrected chi connectivity index (χ0v) is 15.2. The smallest absolute Gasteiger partial charge is 0.270 e. The number of thiocarbonyl (C=S) groups is 1. The van der Waals surface area contributed by atoms with Gasteiger partial charge in [0.2, 0.25) is 0 Å². The van der Waals surface area contributed by atoms with Crippen molar-refractivity contribution in [3.63, 3.8) is 0 Å². The Kier molecular flexibility index (Phi) is 4.86. The summed E-state index contributed by atoms with van der Waals surface area (Å²) in [6, 6.07) is 13.7. The summed E-state index contributed by atoms with van der Waals surface area (Å²) >= 11 is 5.20. The number of benzene rings is 2. The van der Waals surface area contributed by atoms with Crippen LogP contribution in [-0.4, -0.2) is 22.0 Å². The molecule has 26 heavy (non-hydrogen) atoms. The van der Waals surface area contributed by atoms with Gasteiger partial charge in [-0.25, -0.2) is 0 Å². The Morgan fingerprint density at radius 3 is 2.23 bits per heavy atom. The molecule has 0 radical (unpaired) electrons. The van der Waals surface area contributed by atoms with E-state index in [1.54, 1.807) is 12.1 Å². The van der Waals surface area contributed by atoms with Crippen LogP contribution < -0.4 is 10.2 Å². The minimum absolute atomic E-state index is 0.0165. The van der Waals surface area contributed by atoms with Crippen molar-refractivity contribution in [3.05, 3.63) is 65.2 Å². The second-order valence-corrected chi connectivity index (χ2v) is 6.68. The minimum Gasteiger partial charge on any atom is -0.508 e. The van der Waals surface area contributed by atoms with E-state index < -0.39 is 11.8 Å². The van der Waals surface area contributed by atoms with Gasteiger partial charge in [-0.05, 0) is 59.6 Å². The number of anilines is 1. The van der Waals surface area contributed by atoms with E-state index in [1.807, 2.05) is 24.3 Å². The lowest BCUT2D eigenvalue weighted by molar-refractivity contribution is -0.122. The molecule has 1 heterocycles. The maximum absolute atomic E-state index is 12.9. The number of phenols is 1. The largest absolute Gasteiger partial charge is 0.508 e. The predicted molar refractivity (Wildman–Crippen MR) is 105 cm³/mol. The Labute approximate surface area is 156 Å². The Balaban J connectivity index is 1.96. The van der Waals surface area contributed by atoms with Crippen molar-refractivity contribution in [1.82, 2.24) is 5.32 Å². The Morgan fingerprint density at radius 2 is 1.65 bits per heavy atom. The van der Waals surface area contributed by atoms with Gasteiger partial charge in [0.15, 0.2) is 5.11 Å². The highest BCUT2D eigenvalue weighted by Crippen LogP contribution is 2.24. The lowest BCUT2D eigenvalue weighted by atomic mass is 10.0. The fourth-order valence-corrected chi connectivity index (χ4v) is 2.92. The molecule has 3 rings (SSSR count). The van der Waals surface area contributed by atoms with E-state index >= 15 is 0 Å². The van der Waals surface area contributed by atoms with Gasteiger partial charge in [0.1, 0.15) is 11.3 Å². The molecule has 5 nitrogen and oxygen atoms in total. The molecule has 0 atom stereocenters. The van der Waals surface area contributed by atoms with Gasteiger partial charge in [0, 0.05) is 0 Å². The number of phenolic OH excluding ortho intramolecular Hbond substituents is 1. The fraction of sp³-hybridized carbons (Fsp3) is 0.150. The van der Waals surface area contributed by atoms with Crippen molar-refractivity contribution in [2.75, 3.05) is 4.90 Å². The third-order valence-electron chi connectivity index (χ3n) is 4.12. The van der Waals surface area contributed by atoms with Gasteiger partial charge in [-0.15, -0.1) is 0 Å². The third-order valence-corrected chi connectivity index (χ3v) is 4.41. The minimum atomic E-state index is -0.539. The van der Waals surface area contributed by atoms with Crippen LogP contribution in [0.3, 0.4) is 0 Å². The summed E-state index contributed by atoms with van der Waals surface area (Å²) in [6.45, 7) is 4.18. The second-order valence-electron chi connectivity index (χ2n) is 6.30. The molecule has 1 fully saturated rings. The number of carbonyl (C=O) groups excluding carboxylic acids is 2. The SMILES string of the molecule is CC(C)c1ccc(N2C(=O)C(=Cc3ccc(O)cc3)C(=O)NC2=S)cc1. The van der Waals surface area contributed by atoms with Gasteiger partial charge in [-0.3, -0.25) is 19.8 Å². The van der Waals surface area contributed by atoms with E-state index in [0.717, 1.165) is 5.56 Å². The topological polar surface area (TPSA) is 69.6 Å². The van der Waals surface area contributed by atoms with Gasteiger partial charge in [-0.2, -0.15) is 0 Å². The molecule has 0 aromatic heterocycles. The van der Waals surface area contributed by atoms with Crippen LogP contribution in [0, 0.1) is 0 Å². The van der Waals surface area contributed by atoms with Gasteiger partial charge < -0.3 is 5.11 Å². The van der Waals surface area contributed by atoms with E-state index in [2.05, 4.69) is 19.2 Å². The summed E-state index contributed by atoms with van der Waals surface area (Å²) in [6.07, 6.45) is 1.48. The molecule has 1 saturated heterocycles. The summed E-state index contributed by atoms with van der Waals surface area (Å²) in [5.41, 5.74) is 2.36. The van der Waals surface area contributed by atoms with Crippen molar-refractivity contribution < 1.29 is 14.7 Å². The molecule has 0 spiro atoms. The van der Waals surface area contributed by atoms with Crippen LogP contribution in [0.15, 0.2) is 54.1 Å². The van der Waals surface area contributed by atoms with Crippen LogP contribution in [0.5, 0.6) is 5.75 Å². The first kappa shape index (κ1) is 17.8. The normalized spacial score (nSPS) is 16.3. The summed E-state index contributed by atoms with van der Waals surface area (Å²) in [4.78, 5) is 26.5. The summed E-state index contributed by atoms with van der Waals surface area (Å²) in [7, 11) is 0. The number of hydrogen-bond acceptors (Lipinski definition) is 4. The van der Waals surface area contributed by atoms with Gasteiger partial charge in [-0.1, -0.05) is 38.1 Å². The maximum Gasteiger partial charge on any atom is 0.270 e. The molecule has 0 aliphatic carbocycles. The summed E-state index contributed by atoms with van der Waals surface area (Å²) in [5, 5.41) is 12.0. The molecule has 0 bridgehead atoms. The fourth-order valence-electron chi connectivity index (χ4n) is 2.64. The zero-order valence-electron chi connectivity index (χ0n) is 14.4. The first-order valence-corrected chi connectivity index (χ1v) is 8.58. The van der Waals surface area contributed by atoms with E-state index in [9.17, 15) is 14.7 Å². The van der Waals surface area contributed by atoms with Gasteiger partial charge >= 0.3 is 0 Å². The van der Waals surface area contributed by atoms with Crippen LogP contribution >= 0.6 is 12.2 Å². The van der Waals surface area contributed by atoms with Gasteiger partial charge in [0.05, 0.1) is 5.69 Å². The zero-order chi connectivity index (χ0) is 18.8. The van der Waals surface area contributed by atoms with Crippen LogP contribution in [0.4, 0.5) is 5.69 Å². The molecular formula is C20H18N2O3S. The number of hydrogen-bond donors (Lipinski definition) is 2. The molecule has 1 aliphatic heterocycles. The average Bonchev–Trinajstić information content (AvgIpc) is 2.60. The number of carbonyl (C=O) groups is 2. The Hall–Kier alpha value is -2.99. The first-order valence-electron chi connectivity index (χ1n) is 8.17. The summed E-state index contributed by atoms with van der Waals surface area (Å²) in [5.74, 6) is -0.537. The second kappa shape index (κ2) is 7.09. The van der Waals surface area contributed by atoms with Gasteiger partial charge in [0.25, 0.3) is 11.8 Å². The standard InChI is InChI=1S/C20H18N2O3S/c1-12(2)14-5-7-15(8-6-14)22-19(25)17(18(24)21-20(22)26)11-13-3-9-16(23)10-4-13/h3-12,23H,1-2H3,(H,21,24,26). The lowest BCUT2D eigenvalue weighted by Crippen LogP contribution is -2.54. The highest BCUT2D eigenvalue weighted by molar-refractivity contribution is 7.80. The van der Waals surface area contributed by atoms with Crippen molar-refractivity contribution in [2.24, 2.45) is 0 Å². The molecule has 2 aromatic rings. The molecular weight excluding hydrogens is 348 g/mol. The predicted octanol–water partition coefficient (Wildman–Crippen LogP) is 3.35. The molecule has 6 heteroatoms. The van der Waals surface area contributed by atoms with E-state index in [4.69, 9.17) is 12.2 Å². The van der Waals surface area contributed by atoms with Crippen molar-refractivity contribution in [3.8, 4) is 5.75 Å². The lowest BCUT2D eigenvalue weighted by Gasteiger charge is -2.29. The highest BCUT2D eigenvalue weighted by atomic mass is 32.1. The van der Waals surface area contributed by atoms with Crippen LogP contribution in [0.1, 0.15) is 30.9 Å². The first-order chi connectivity index (χ1) is 12.4. The van der Waals surface area contributed by atoms with Crippen LogP contribution in [-0.2, 0) is 9.59 Å². The average molecular weight is 366 g/mol. The van der Waals surface area contributed by atoms with Crippen molar-refractivity contribution in [2.45, 2.75) is 19.8 Å². The number of rotatable bonds is 3. The van der Waals surface area contributed by atoms with Crippen LogP contribution in [0.2, 0.25) is 0 Å². The van der Waals surface area contributed by atoms with Crippen molar-refractivity contribution >= 4 is 40.9 Å². The maximum atomic E-state index is 12.9.